The first-order valence-electron chi connectivity index (χ1n) is 25.7. The number of anilines is 6. The van der Waals surface area contributed by atoms with Crippen molar-refractivity contribution in [2.45, 2.75) is 41.5 Å². The molecular formula is C70H52N2O2. The first kappa shape index (κ1) is 43.7. The number of para-hydroxylation sites is 4. The van der Waals surface area contributed by atoms with Crippen molar-refractivity contribution >= 4 is 110 Å². The lowest BCUT2D eigenvalue weighted by Gasteiger charge is -2.30. The molecule has 0 fully saturated rings. The van der Waals surface area contributed by atoms with Crippen LogP contribution in [-0.4, -0.2) is 0 Å². The lowest BCUT2D eigenvalue weighted by Crippen LogP contribution is -2.13. The van der Waals surface area contributed by atoms with Gasteiger partial charge < -0.3 is 18.6 Å². The molecule has 354 valence electrons. The third-order valence-corrected chi connectivity index (χ3v) is 15.6. The van der Waals surface area contributed by atoms with Crippen LogP contribution in [0.3, 0.4) is 0 Å². The number of benzene rings is 12. The number of rotatable bonds is 8. The average Bonchev–Trinajstić information content (AvgIpc) is 4.06. The predicted molar refractivity (Wildman–Crippen MR) is 313 cm³/mol. The van der Waals surface area contributed by atoms with E-state index in [9.17, 15) is 0 Å². The van der Waals surface area contributed by atoms with Crippen LogP contribution in [0.15, 0.2) is 215 Å². The Morgan fingerprint density at radius 2 is 0.622 bits per heavy atom. The highest BCUT2D eigenvalue weighted by molar-refractivity contribution is 6.29. The fraction of sp³-hybridized carbons (Fsp3) is 0.0857. The molecule has 0 saturated heterocycles. The first-order valence-corrected chi connectivity index (χ1v) is 25.7. The van der Waals surface area contributed by atoms with Crippen LogP contribution in [0, 0.1) is 41.5 Å². The van der Waals surface area contributed by atoms with Gasteiger partial charge in [0.25, 0.3) is 0 Å². The molecule has 0 N–H and O–H groups in total. The molecule has 0 saturated carbocycles. The lowest BCUT2D eigenvalue weighted by atomic mass is 9.91. The number of nitrogens with zero attached hydrogens (tertiary/aromatic N) is 2. The standard InChI is InChI=1S/C70H52N2O2/c1-41-27-35-59(45(5)39-41)71(63-25-13-23-55-53-21-11-19-51(67(53)73-69(55)63)49-17-9-7-15-43(49)3)61-37-31-47-30-34-58-62(38-32-48-29-33-57(61)65(47)66(48)58)72(60-36-28-42(2)40-46(60)6)64-26-14-24-56-54-22-12-20-52(68(54)74-70(56)64)50-18-10-8-16-44(50)4/h7-40H,1-6H3. The van der Waals surface area contributed by atoms with Gasteiger partial charge in [-0.05, 0) is 133 Å². The molecule has 0 aliphatic carbocycles. The van der Waals surface area contributed by atoms with Gasteiger partial charge in [-0.3, -0.25) is 0 Å². The monoisotopic (exact) mass is 952 g/mol. The zero-order valence-electron chi connectivity index (χ0n) is 42.3. The second-order valence-electron chi connectivity index (χ2n) is 20.3. The average molecular weight is 953 g/mol. The summed E-state index contributed by atoms with van der Waals surface area (Å²) in [4.78, 5) is 4.88. The van der Waals surface area contributed by atoms with Crippen LogP contribution in [0.25, 0.3) is 98.4 Å². The van der Waals surface area contributed by atoms with E-state index in [1.54, 1.807) is 0 Å². The van der Waals surface area contributed by atoms with E-state index in [1.807, 2.05) is 0 Å². The van der Waals surface area contributed by atoms with Gasteiger partial charge in [0.15, 0.2) is 11.2 Å². The summed E-state index contributed by atoms with van der Waals surface area (Å²) in [5.41, 5.74) is 21.6. The maximum atomic E-state index is 7.21. The summed E-state index contributed by atoms with van der Waals surface area (Å²) in [6, 6.07) is 75.5. The van der Waals surface area contributed by atoms with E-state index in [-0.39, 0.29) is 0 Å². The second-order valence-corrected chi connectivity index (χ2v) is 20.3. The number of furan rings is 2. The number of fused-ring (bicyclic) bond motifs is 6. The van der Waals surface area contributed by atoms with E-state index < -0.39 is 0 Å². The van der Waals surface area contributed by atoms with E-state index in [2.05, 4.69) is 258 Å². The largest absolute Gasteiger partial charge is 0.453 e. The highest BCUT2D eigenvalue weighted by Crippen LogP contribution is 2.52. The SMILES string of the molecule is Cc1ccc(N(c2ccc3ccc4c(N(c5ccc(C)cc5C)c5cccc6c5oc5c(-c7ccccc7C)cccc56)ccc5ccc2c3c54)c2cccc3c2oc2c(-c4ccccc4C)cccc23)c(C)c1. The van der Waals surface area contributed by atoms with Crippen molar-refractivity contribution < 1.29 is 8.83 Å². The van der Waals surface area contributed by atoms with Gasteiger partial charge in [0.05, 0.1) is 22.7 Å². The molecule has 0 amide bonds. The second kappa shape index (κ2) is 16.7. The molecule has 0 aliphatic heterocycles. The highest BCUT2D eigenvalue weighted by atomic mass is 16.3. The molecule has 0 bridgehead atoms. The van der Waals surface area contributed by atoms with Crippen LogP contribution in [0.2, 0.25) is 0 Å². The van der Waals surface area contributed by atoms with Crippen molar-refractivity contribution in [1.82, 2.24) is 0 Å². The van der Waals surface area contributed by atoms with Crippen molar-refractivity contribution in [2.24, 2.45) is 0 Å². The quantitative estimate of drug-likeness (QED) is 0.142. The summed E-state index contributed by atoms with van der Waals surface area (Å²) in [5, 5.41) is 11.5. The van der Waals surface area contributed by atoms with E-state index >= 15 is 0 Å². The van der Waals surface area contributed by atoms with Gasteiger partial charge in [0.1, 0.15) is 11.2 Å². The van der Waals surface area contributed by atoms with Gasteiger partial charge in [0, 0.05) is 54.8 Å². The third-order valence-electron chi connectivity index (χ3n) is 15.6. The van der Waals surface area contributed by atoms with E-state index in [1.165, 1.54) is 66.1 Å². The predicted octanol–water partition coefficient (Wildman–Crippen LogP) is 20.5. The van der Waals surface area contributed by atoms with Crippen LogP contribution in [0.5, 0.6) is 0 Å². The van der Waals surface area contributed by atoms with Crippen LogP contribution in [0.1, 0.15) is 33.4 Å². The minimum atomic E-state index is 0.853. The molecule has 14 rings (SSSR count). The van der Waals surface area contributed by atoms with Crippen LogP contribution in [-0.2, 0) is 0 Å². The molecule has 0 unspecified atom stereocenters. The molecule has 14 aromatic rings. The van der Waals surface area contributed by atoms with Crippen LogP contribution < -0.4 is 9.80 Å². The Morgan fingerprint density at radius 3 is 1.04 bits per heavy atom. The Morgan fingerprint density at radius 1 is 0.257 bits per heavy atom. The number of aryl methyl sites for hydroxylation is 6. The highest BCUT2D eigenvalue weighted by Gasteiger charge is 2.28. The van der Waals surface area contributed by atoms with Crippen molar-refractivity contribution in [2.75, 3.05) is 9.80 Å². The first-order chi connectivity index (χ1) is 36.2. The van der Waals surface area contributed by atoms with Gasteiger partial charge >= 0.3 is 0 Å². The Kier molecular flexibility index (Phi) is 9.87. The minimum absolute atomic E-state index is 0.853. The zero-order chi connectivity index (χ0) is 49.9. The topological polar surface area (TPSA) is 32.8 Å². The van der Waals surface area contributed by atoms with Crippen LogP contribution >= 0.6 is 0 Å². The molecule has 12 aromatic carbocycles. The summed E-state index contributed by atoms with van der Waals surface area (Å²) in [7, 11) is 0. The van der Waals surface area contributed by atoms with Crippen molar-refractivity contribution in [3.8, 4) is 22.3 Å². The minimum Gasteiger partial charge on any atom is -0.453 e. The fourth-order valence-electron chi connectivity index (χ4n) is 12.2. The van der Waals surface area contributed by atoms with Gasteiger partial charge in [-0.1, -0.05) is 181 Å². The summed E-state index contributed by atoms with van der Waals surface area (Å²) in [5.74, 6) is 0. The lowest BCUT2D eigenvalue weighted by molar-refractivity contribution is 0.670. The van der Waals surface area contributed by atoms with E-state index in [4.69, 9.17) is 8.83 Å². The van der Waals surface area contributed by atoms with Gasteiger partial charge in [0.2, 0.25) is 0 Å². The summed E-state index contributed by atoms with van der Waals surface area (Å²) in [6.07, 6.45) is 0. The third kappa shape index (κ3) is 6.61. The molecule has 0 spiro atoms. The van der Waals surface area contributed by atoms with Gasteiger partial charge in [-0.2, -0.15) is 0 Å². The number of hydrogen-bond acceptors (Lipinski definition) is 4. The maximum Gasteiger partial charge on any atom is 0.159 e. The molecule has 0 aliphatic rings. The normalized spacial score (nSPS) is 11.9. The smallest absolute Gasteiger partial charge is 0.159 e. The summed E-state index contributed by atoms with van der Waals surface area (Å²) in [6.45, 7) is 13.1. The van der Waals surface area contributed by atoms with Crippen molar-refractivity contribution in [1.29, 1.82) is 0 Å². The zero-order valence-corrected chi connectivity index (χ0v) is 42.3. The van der Waals surface area contributed by atoms with E-state index in [0.29, 0.717) is 0 Å². The summed E-state index contributed by atoms with van der Waals surface area (Å²) >= 11 is 0. The molecule has 2 aromatic heterocycles. The molecule has 4 nitrogen and oxygen atoms in total. The Bertz CT molecular complexity index is 4300. The van der Waals surface area contributed by atoms with Crippen molar-refractivity contribution in [3.63, 3.8) is 0 Å². The Labute approximate surface area is 430 Å². The Hall–Kier alpha value is -9.12. The fourth-order valence-corrected chi connectivity index (χ4v) is 12.2. The molecular weight excluding hydrogens is 901 g/mol. The van der Waals surface area contributed by atoms with Crippen LogP contribution in [0.4, 0.5) is 34.1 Å². The molecule has 4 heteroatoms. The molecule has 74 heavy (non-hydrogen) atoms. The van der Waals surface area contributed by atoms with Crippen molar-refractivity contribution in [3.05, 3.63) is 240 Å². The molecule has 0 atom stereocenters. The molecule has 0 radical (unpaired) electrons. The number of hydrogen-bond donors (Lipinski definition) is 0. The summed E-state index contributed by atoms with van der Waals surface area (Å²) < 4.78 is 14.4. The Balaban J connectivity index is 1.02. The van der Waals surface area contributed by atoms with E-state index in [0.717, 1.165) is 99.9 Å². The maximum absolute atomic E-state index is 7.21. The molecule has 2 heterocycles. The van der Waals surface area contributed by atoms with Gasteiger partial charge in [-0.25, -0.2) is 0 Å². The van der Waals surface area contributed by atoms with Gasteiger partial charge in [-0.15, -0.1) is 0 Å².